The molecule has 0 aromatic carbocycles. The predicted molar refractivity (Wildman–Crippen MR) is 87.2 cm³/mol. The molecule has 4 nitrogen and oxygen atoms in total. The Hall–Kier alpha value is -0.610. The Morgan fingerprint density at radius 2 is 1.95 bits per heavy atom. The average molecular weight is 295 g/mol. The van der Waals surface area contributed by atoms with E-state index in [9.17, 15) is 4.79 Å². The zero-order valence-electron chi connectivity index (χ0n) is 14.2. The lowest BCUT2D eigenvalue weighted by Crippen LogP contribution is -2.60. The summed E-state index contributed by atoms with van der Waals surface area (Å²) in [5.41, 5.74) is 0.467. The van der Waals surface area contributed by atoms with E-state index in [0.29, 0.717) is 11.5 Å². The van der Waals surface area contributed by atoms with Gasteiger partial charge in [-0.3, -0.25) is 9.69 Å². The molecule has 1 atom stereocenters. The fourth-order valence-corrected chi connectivity index (χ4v) is 4.04. The van der Waals surface area contributed by atoms with E-state index < -0.39 is 0 Å². The second kappa shape index (κ2) is 7.10. The van der Waals surface area contributed by atoms with Crippen molar-refractivity contribution in [3.8, 4) is 0 Å². The molecule has 1 aliphatic heterocycles. The summed E-state index contributed by atoms with van der Waals surface area (Å²) in [7, 11) is 1.75. The number of nitrogens with zero attached hydrogens (tertiary/aromatic N) is 1. The highest BCUT2D eigenvalue weighted by molar-refractivity contribution is 5.81. The van der Waals surface area contributed by atoms with E-state index in [1.165, 1.54) is 32.1 Å². The van der Waals surface area contributed by atoms with Crippen molar-refractivity contribution in [2.45, 2.75) is 65.0 Å². The predicted octanol–water partition coefficient (Wildman–Crippen LogP) is 2.00. The van der Waals surface area contributed by atoms with Gasteiger partial charge in [0.05, 0.1) is 0 Å². The molecule has 2 fully saturated rings. The van der Waals surface area contributed by atoms with Gasteiger partial charge >= 0.3 is 0 Å². The summed E-state index contributed by atoms with van der Waals surface area (Å²) in [6.45, 7) is 9.94. The third-order valence-electron chi connectivity index (χ3n) is 6.02. The highest BCUT2D eigenvalue weighted by Gasteiger charge is 2.37. The molecule has 1 heterocycles. The normalized spacial score (nSPS) is 31.9. The Kier molecular flexibility index (Phi) is 5.67. The van der Waals surface area contributed by atoms with Crippen molar-refractivity contribution in [3.63, 3.8) is 0 Å². The number of rotatable bonds is 4. The number of carbonyl (C=O) groups is 1. The second-order valence-corrected chi connectivity index (χ2v) is 7.42. The van der Waals surface area contributed by atoms with E-state index in [-0.39, 0.29) is 11.9 Å². The maximum atomic E-state index is 12.1. The number of hydrogen-bond acceptors (Lipinski definition) is 3. The summed E-state index contributed by atoms with van der Waals surface area (Å²) >= 11 is 0. The Labute approximate surface area is 130 Å². The quantitative estimate of drug-likeness (QED) is 0.834. The molecule has 4 heteroatoms. The van der Waals surface area contributed by atoms with Gasteiger partial charge in [-0.1, -0.05) is 27.2 Å². The van der Waals surface area contributed by atoms with Gasteiger partial charge in [0.2, 0.25) is 5.91 Å². The van der Waals surface area contributed by atoms with Crippen LogP contribution < -0.4 is 10.6 Å². The summed E-state index contributed by atoms with van der Waals surface area (Å²) in [5.74, 6) is 1.01. The molecule has 1 unspecified atom stereocenters. The first-order chi connectivity index (χ1) is 9.99. The fraction of sp³-hybridized carbons (Fsp3) is 0.941. The van der Waals surface area contributed by atoms with Crippen LogP contribution in [-0.4, -0.2) is 49.6 Å². The summed E-state index contributed by atoms with van der Waals surface area (Å²) in [6, 6.07) is 0.614. The number of likely N-dealkylation sites (N-methyl/N-ethyl adjacent to an activating group) is 1. The molecule has 1 amide bonds. The molecule has 21 heavy (non-hydrogen) atoms. The highest BCUT2D eigenvalue weighted by Crippen LogP contribution is 2.41. The molecular weight excluding hydrogens is 262 g/mol. The topological polar surface area (TPSA) is 44.4 Å². The largest absolute Gasteiger partial charge is 0.358 e. The van der Waals surface area contributed by atoms with Crippen LogP contribution in [-0.2, 0) is 4.79 Å². The van der Waals surface area contributed by atoms with Crippen LogP contribution in [0, 0.1) is 11.3 Å². The summed E-state index contributed by atoms with van der Waals surface area (Å²) < 4.78 is 0. The lowest BCUT2D eigenvalue weighted by molar-refractivity contribution is -0.128. The number of hydrogen-bond donors (Lipinski definition) is 2. The van der Waals surface area contributed by atoms with Gasteiger partial charge in [-0.15, -0.1) is 0 Å². The number of piperazine rings is 1. The summed E-state index contributed by atoms with van der Waals surface area (Å²) in [5, 5.41) is 6.18. The molecule has 0 aromatic rings. The van der Waals surface area contributed by atoms with Crippen molar-refractivity contribution in [1.82, 2.24) is 15.5 Å². The van der Waals surface area contributed by atoms with Crippen LogP contribution in [0.4, 0.5) is 0 Å². The van der Waals surface area contributed by atoms with Gasteiger partial charge in [-0.05, 0) is 37.0 Å². The SMILES string of the molecule is CCC(C)(C)C1CCC(N2CCNCC2C(=O)NC)CC1. The minimum Gasteiger partial charge on any atom is -0.358 e. The standard InChI is InChI=1S/C17H33N3O/c1-5-17(2,3)13-6-8-14(9-7-13)20-11-10-19-12-15(20)16(21)18-4/h13-15,19H,5-12H2,1-4H3,(H,18,21). The van der Waals surface area contributed by atoms with Crippen molar-refractivity contribution >= 4 is 5.91 Å². The van der Waals surface area contributed by atoms with Crippen LogP contribution in [0.2, 0.25) is 0 Å². The Morgan fingerprint density at radius 3 is 2.52 bits per heavy atom. The molecular formula is C17H33N3O. The lowest BCUT2D eigenvalue weighted by atomic mass is 9.68. The van der Waals surface area contributed by atoms with Gasteiger partial charge in [0.1, 0.15) is 6.04 Å². The lowest BCUT2D eigenvalue weighted by Gasteiger charge is -2.45. The van der Waals surface area contributed by atoms with Crippen molar-refractivity contribution in [3.05, 3.63) is 0 Å². The van der Waals surface area contributed by atoms with Crippen LogP contribution in [0.15, 0.2) is 0 Å². The van der Waals surface area contributed by atoms with Gasteiger partial charge in [-0.25, -0.2) is 0 Å². The second-order valence-electron chi connectivity index (χ2n) is 7.42. The molecule has 1 saturated heterocycles. The molecule has 2 N–H and O–H groups in total. The van der Waals surface area contributed by atoms with Gasteiger partial charge in [0.15, 0.2) is 0 Å². The first-order valence-electron chi connectivity index (χ1n) is 8.67. The number of amides is 1. The molecule has 2 rings (SSSR count). The smallest absolute Gasteiger partial charge is 0.238 e. The Balaban J connectivity index is 1.95. The number of carbonyl (C=O) groups excluding carboxylic acids is 1. The molecule has 1 saturated carbocycles. The van der Waals surface area contributed by atoms with E-state index in [2.05, 4.69) is 36.3 Å². The van der Waals surface area contributed by atoms with Crippen molar-refractivity contribution in [1.29, 1.82) is 0 Å². The summed E-state index contributed by atoms with van der Waals surface area (Å²) in [6.07, 6.45) is 6.39. The van der Waals surface area contributed by atoms with Crippen molar-refractivity contribution in [2.24, 2.45) is 11.3 Å². The fourth-order valence-electron chi connectivity index (χ4n) is 4.04. The Morgan fingerprint density at radius 1 is 1.29 bits per heavy atom. The van der Waals surface area contributed by atoms with Crippen LogP contribution in [0.25, 0.3) is 0 Å². The first-order valence-corrected chi connectivity index (χ1v) is 8.67. The van der Waals surface area contributed by atoms with E-state index in [0.717, 1.165) is 25.6 Å². The zero-order valence-corrected chi connectivity index (χ0v) is 14.2. The average Bonchev–Trinajstić information content (AvgIpc) is 2.54. The zero-order chi connectivity index (χ0) is 15.5. The third kappa shape index (κ3) is 3.78. The van der Waals surface area contributed by atoms with Gasteiger partial charge in [0.25, 0.3) is 0 Å². The molecule has 0 radical (unpaired) electrons. The molecule has 0 spiro atoms. The Bertz CT molecular complexity index is 348. The summed E-state index contributed by atoms with van der Waals surface area (Å²) in [4.78, 5) is 14.6. The minimum atomic E-state index is 0.0180. The van der Waals surface area contributed by atoms with Gasteiger partial charge < -0.3 is 10.6 Å². The van der Waals surface area contributed by atoms with E-state index in [1.807, 2.05) is 0 Å². The van der Waals surface area contributed by atoms with E-state index in [4.69, 9.17) is 0 Å². The maximum absolute atomic E-state index is 12.1. The number of nitrogens with one attached hydrogen (secondary N) is 2. The van der Waals surface area contributed by atoms with Crippen molar-refractivity contribution in [2.75, 3.05) is 26.7 Å². The monoisotopic (exact) mass is 295 g/mol. The molecule has 2 aliphatic rings. The highest BCUT2D eigenvalue weighted by atomic mass is 16.2. The molecule has 1 aliphatic carbocycles. The third-order valence-corrected chi connectivity index (χ3v) is 6.02. The first kappa shape index (κ1) is 16.8. The van der Waals surface area contributed by atoms with Crippen LogP contribution in [0.5, 0.6) is 0 Å². The van der Waals surface area contributed by atoms with Crippen LogP contribution in [0.3, 0.4) is 0 Å². The van der Waals surface area contributed by atoms with Gasteiger partial charge in [0, 0.05) is 32.7 Å². The van der Waals surface area contributed by atoms with Crippen LogP contribution >= 0.6 is 0 Å². The van der Waals surface area contributed by atoms with E-state index in [1.54, 1.807) is 7.05 Å². The molecule has 0 bridgehead atoms. The van der Waals surface area contributed by atoms with Crippen molar-refractivity contribution < 1.29 is 4.79 Å². The van der Waals surface area contributed by atoms with Gasteiger partial charge in [-0.2, -0.15) is 0 Å². The van der Waals surface area contributed by atoms with Crippen LogP contribution in [0.1, 0.15) is 52.9 Å². The molecule has 0 aromatic heterocycles. The maximum Gasteiger partial charge on any atom is 0.238 e. The minimum absolute atomic E-state index is 0.0180. The van der Waals surface area contributed by atoms with E-state index >= 15 is 0 Å². The molecule has 122 valence electrons.